The molecule has 2 nitrogen and oxygen atoms in total. The molecule has 3 aromatic rings. The Hall–Kier alpha value is -4.35. The highest BCUT2D eigenvalue weighted by atomic mass is 16.3. The third kappa shape index (κ3) is 11.6. The minimum Gasteiger partial charge on any atom is -0.507 e. The van der Waals surface area contributed by atoms with E-state index in [4.69, 9.17) is 0 Å². The number of fused-ring (bicyclic) bond motifs is 3. The highest BCUT2D eigenvalue weighted by molar-refractivity contribution is 5.87. The molecule has 0 radical (unpaired) electrons. The van der Waals surface area contributed by atoms with E-state index in [0.29, 0.717) is 11.7 Å². The Kier molecular flexibility index (Phi) is 19.3. The lowest BCUT2D eigenvalue weighted by molar-refractivity contribution is 0.267. The van der Waals surface area contributed by atoms with E-state index in [2.05, 4.69) is 137 Å². The van der Waals surface area contributed by atoms with Gasteiger partial charge in [0.25, 0.3) is 0 Å². The number of nitrogens with zero attached hydrogens (tertiary/aromatic N) is 1. The number of phenols is 1. The van der Waals surface area contributed by atoms with Crippen molar-refractivity contribution in [3.8, 4) is 28.7 Å². The molecule has 0 saturated heterocycles. The molecule has 0 bridgehead atoms. The quantitative estimate of drug-likeness (QED) is 0.0835. The van der Waals surface area contributed by atoms with Crippen molar-refractivity contribution in [3.63, 3.8) is 0 Å². The van der Waals surface area contributed by atoms with Crippen molar-refractivity contribution in [2.45, 2.75) is 113 Å². The second kappa shape index (κ2) is 23.1. The van der Waals surface area contributed by atoms with Crippen LogP contribution in [0.2, 0.25) is 0 Å². The standard InChI is InChI=1S/C29H34.C17H23NO.C2H6/c1-5-8-14-21-29(4,22-15-13-16-23(6-2)7-3)28-26-19-11-9-17-24(26)25-18-10-12-20-27(25)28;1-4-7-8-10-14(5-2)16-12-9-11-15(17(16)19)13-18-6-3;1-2/h6,8-12,14,17-20,28H,5,7,15,21-22H2,1-4H3;7-13,19H,4-6H2,1-3H3;1-2H3/b14-8-,23-6+;8-7-,14-10+,18-13?;. The Morgan fingerprint density at radius 3 is 2.02 bits per heavy atom. The van der Waals surface area contributed by atoms with E-state index in [1.807, 2.05) is 45.0 Å². The molecule has 3 aromatic carbocycles. The van der Waals surface area contributed by atoms with Crippen molar-refractivity contribution < 1.29 is 5.11 Å². The minimum absolute atomic E-state index is 0.144. The van der Waals surface area contributed by atoms with Crippen LogP contribution in [0.15, 0.2) is 114 Å². The van der Waals surface area contributed by atoms with Gasteiger partial charge in [-0.05, 0) is 97.3 Å². The van der Waals surface area contributed by atoms with Gasteiger partial charge >= 0.3 is 0 Å². The fourth-order valence-corrected chi connectivity index (χ4v) is 6.51. The molecular weight excluding hydrogens is 607 g/mol. The first-order valence-electron chi connectivity index (χ1n) is 19.0. The maximum atomic E-state index is 10.3. The lowest BCUT2D eigenvalue weighted by atomic mass is 9.67. The van der Waals surface area contributed by atoms with E-state index in [1.54, 1.807) is 6.21 Å². The Bertz CT molecular complexity index is 1630. The predicted octanol–water partition coefficient (Wildman–Crippen LogP) is 13.9. The maximum Gasteiger partial charge on any atom is 0.131 e. The van der Waals surface area contributed by atoms with E-state index in [9.17, 15) is 5.11 Å². The normalized spacial score (nSPS) is 13.9. The molecule has 1 aliphatic rings. The van der Waals surface area contributed by atoms with Crippen LogP contribution in [0.25, 0.3) is 16.7 Å². The number of hydrogen-bond acceptors (Lipinski definition) is 2. The number of benzene rings is 3. The Morgan fingerprint density at radius 2 is 1.46 bits per heavy atom. The maximum absolute atomic E-state index is 10.3. The van der Waals surface area contributed by atoms with Gasteiger partial charge in [-0.15, -0.1) is 0 Å². The molecule has 50 heavy (non-hydrogen) atoms. The summed E-state index contributed by atoms with van der Waals surface area (Å²) in [5, 5.41) is 10.3. The van der Waals surface area contributed by atoms with Gasteiger partial charge in [-0.2, -0.15) is 0 Å². The SMILES string of the molecule is C/C=C(/C#CCCC(C)(C/C=C\CC)C1c2ccccc2-c2ccccc21)CC.CC.CC/C=C\C=C(/CC)c1cccc(C=NCC)c1O. The molecule has 0 fully saturated rings. The van der Waals surface area contributed by atoms with Gasteiger partial charge in [0.05, 0.1) is 0 Å². The summed E-state index contributed by atoms with van der Waals surface area (Å²) in [6.07, 6.45) is 21.9. The minimum atomic E-state index is 0.144. The van der Waals surface area contributed by atoms with Gasteiger partial charge in [0.15, 0.2) is 0 Å². The molecule has 2 heteroatoms. The molecular formula is C48H63NO. The van der Waals surface area contributed by atoms with Crippen LogP contribution in [0, 0.1) is 17.3 Å². The van der Waals surface area contributed by atoms with Crippen molar-refractivity contribution in [2.75, 3.05) is 6.54 Å². The van der Waals surface area contributed by atoms with E-state index >= 15 is 0 Å². The third-order valence-corrected chi connectivity index (χ3v) is 9.19. The van der Waals surface area contributed by atoms with Crippen LogP contribution >= 0.6 is 0 Å². The summed E-state index contributed by atoms with van der Waals surface area (Å²) in [5.41, 5.74) is 9.97. The fourth-order valence-electron chi connectivity index (χ4n) is 6.51. The molecule has 1 unspecified atom stereocenters. The van der Waals surface area contributed by atoms with E-state index in [-0.39, 0.29) is 5.41 Å². The fraction of sp³-hybridized carbons (Fsp3) is 0.396. The van der Waals surface area contributed by atoms with Crippen molar-refractivity contribution in [1.29, 1.82) is 0 Å². The lowest BCUT2D eigenvalue weighted by Gasteiger charge is -2.36. The summed E-state index contributed by atoms with van der Waals surface area (Å²) in [6, 6.07) is 23.8. The topological polar surface area (TPSA) is 32.6 Å². The highest BCUT2D eigenvalue weighted by Crippen LogP contribution is 2.55. The van der Waals surface area contributed by atoms with Crippen molar-refractivity contribution in [1.82, 2.24) is 0 Å². The molecule has 0 aliphatic heterocycles. The first kappa shape index (κ1) is 41.8. The van der Waals surface area contributed by atoms with Crippen LogP contribution in [0.3, 0.4) is 0 Å². The number of aromatic hydroxyl groups is 1. The molecule has 0 heterocycles. The van der Waals surface area contributed by atoms with Crippen LogP contribution in [-0.4, -0.2) is 17.9 Å². The molecule has 0 aromatic heterocycles. The van der Waals surface area contributed by atoms with Crippen LogP contribution < -0.4 is 0 Å². The first-order chi connectivity index (χ1) is 24.4. The summed E-state index contributed by atoms with van der Waals surface area (Å²) < 4.78 is 0. The Labute approximate surface area is 305 Å². The third-order valence-electron chi connectivity index (χ3n) is 9.19. The van der Waals surface area contributed by atoms with E-state index in [1.165, 1.54) is 27.8 Å². The van der Waals surface area contributed by atoms with Crippen LogP contribution in [0.5, 0.6) is 5.75 Å². The Balaban J connectivity index is 0.000000359. The van der Waals surface area contributed by atoms with E-state index < -0.39 is 0 Å². The molecule has 266 valence electrons. The molecule has 0 saturated carbocycles. The smallest absolute Gasteiger partial charge is 0.131 e. The van der Waals surface area contributed by atoms with Crippen LogP contribution in [0.4, 0.5) is 0 Å². The summed E-state index contributed by atoms with van der Waals surface area (Å²) >= 11 is 0. The van der Waals surface area contributed by atoms with E-state index in [0.717, 1.165) is 68.2 Å². The Morgan fingerprint density at radius 1 is 0.820 bits per heavy atom. The second-order valence-electron chi connectivity index (χ2n) is 12.6. The molecule has 1 aliphatic carbocycles. The summed E-state index contributed by atoms with van der Waals surface area (Å²) in [5.74, 6) is 7.58. The molecule has 0 spiro atoms. The molecule has 4 rings (SSSR count). The second-order valence-corrected chi connectivity index (χ2v) is 12.6. The van der Waals surface area contributed by atoms with Crippen molar-refractivity contribution in [3.05, 3.63) is 131 Å². The summed E-state index contributed by atoms with van der Waals surface area (Å²) in [6.45, 7) is 19.8. The van der Waals surface area contributed by atoms with Gasteiger partial charge in [0.2, 0.25) is 0 Å². The molecule has 1 atom stereocenters. The average Bonchev–Trinajstić information content (AvgIpc) is 3.50. The zero-order valence-corrected chi connectivity index (χ0v) is 32.5. The van der Waals surface area contributed by atoms with Crippen molar-refractivity contribution in [2.24, 2.45) is 10.4 Å². The zero-order valence-electron chi connectivity index (χ0n) is 32.5. The predicted molar refractivity (Wildman–Crippen MR) is 222 cm³/mol. The van der Waals surface area contributed by atoms with Gasteiger partial charge in [-0.3, -0.25) is 4.99 Å². The molecule has 1 N–H and O–H groups in total. The number of hydrogen-bond donors (Lipinski definition) is 1. The van der Waals surface area contributed by atoms with Gasteiger partial charge < -0.3 is 5.11 Å². The van der Waals surface area contributed by atoms with Gasteiger partial charge in [0.1, 0.15) is 5.75 Å². The van der Waals surface area contributed by atoms with Crippen LogP contribution in [-0.2, 0) is 0 Å². The summed E-state index contributed by atoms with van der Waals surface area (Å²) in [4.78, 5) is 4.19. The van der Waals surface area contributed by atoms with Gasteiger partial charge in [0, 0.05) is 36.2 Å². The number of phenolic OH excluding ortho intramolecular Hbond substituents is 1. The first-order valence-corrected chi connectivity index (χ1v) is 19.0. The van der Waals surface area contributed by atoms with Crippen molar-refractivity contribution >= 4 is 11.8 Å². The number of para-hydroxylation sites is 1. The van der Waals surface area contributed by atoms with Crippen LogP contribution in [0.1, 0.15) is 135 Å². The summed E-state index contributed by atoms with van der Waals surface area (Å²) in [7, 11) is 0. The average molecular weight is 670 g/mol. The highest BCUT2D eigenvalue weighted by Gasteiger charge is 2.40. The van der Waals surface area contributed by atoms with Gasteiger partial charge in [-0.1, -0.05) is 157 Å². The van der Waals surface area contributed by atoms with Gasteiger partial charge in [-0.25, -0.2) is 0 Å². The number of allylic oxidation sites excluding steroid dienone is 8. The number of aliphatic imine (C=N–C) groups is 1. The lowest BCUT2D eigenvalue weighted by Crippen LogP contribution is -2.25. The number of rotatable bonds is 13. The largest absolute Gasteiger partial charge is 0.507 e. The molecule has 0 amide bonds. The monoisotopic (exact) mass is 669 g/mol. The zero-order chi connectivity index (χ0) is 36.8.